The van der Waals surface area contributed by atoms with Crippen molar-refractivity contribution in [3.05, 3.63) is 136 Å². The minimum absolute atomic E-state index is 0.0303. The van der Waals surface area contributed by atoms with Gasteiger partial charge >= 0.3 is 21.8 Å². The van der Waals surface area contributed by atoms with Crippen molar-refractivity contribution in [1.29, 1.82) is 0 Å². The summed E-state index contributed by atoms with van der Waals surface area (Å²) >= 11 is 0. The fourth-order valence-electron chi connectivity index (χ4n) is 4.79. The standard InChI is InChI=1S/C18H18N2O5S.C17H16N2O6S/c1-14-9-11-15(12-10-14)6-5-13-24-17-18(20(21)25-19-17)26(22,23)16-7-3-2-4-8-16;20-14-10-8-13(9-11-14)5-4-12-24-16-17(19(21)25-18-16)26(22,23)15-6-2-1-3-7-15/h2-4,7-12H,5-6,13H2,1H3;1-3,6-11,20H,4-5,12H2. The third-order valence-corrected chi connectivity index (χ3v) is 10.9. The summed E-state index contributed by atoms with van der Waals surface area (Å²) in [5.41, 5.74) is 3.32. The lowest BCUT2D eigenvalue weighted by atomic mass is 10.1. The van der Waals surface area contributed by atoms with Crippen LogP contribution < -0.4 is 19.3 Å². The van der Waals surface area contributed by atoms with Crippen molar-refractivity contribution < 1.29 is 50.5 Å². The number of phenols is 1. The van der Waals surface area contributed by atoms with Crippen LogP contribution in [0.3, 0.4) is 0 Å². The van der Waals surface area contributed by atoms with Crippen LogP contribution in [0.25, 0.3) is 0 Å². The highest BCUT2D eigenvalue weighted by atomic mass is 32.2. The molecule has 52 heavy (non-hydrogen) atoms. The minimum atomic E-state index is -4.11. The first-order chi connectivity index (χ1) is 25.0. The van der Waals surface area contributed by atoms with Crippen molar-refractivity contribution in [2.24, 2.45) is 0 Å². The average Bonchev–Trinajstić information content (AvgIpc) is 3.73. The molecule has 4 aromatic carbocycles. The maximum absolute atomic E-state index is 12.6. The molecule has 0 aliphatic carbocycles. The number of hydrogen-bond acceptors (Lipinski definition) is 13. The van der Waals surface area contributed by atoms with Crippen LogP contribution in [0, 0.1) is 17.3 Å². The first-order valence-electron chi connectivity index (χ1n) is 15.9. The molecular formula is C35H34N4O11S2. The normalized spacial score (nSPS) is 11.4. The van der Waals surface area contributed by atoms with E-state index in [1.165, 1.54) is 29.8 Å². The Kier molecular flexibility index (Phi) is 12.1. The van der Waals surface area contributed by atoms with Gasteiger partial charge < -0.3 is 25.0 Å². The van der Waals surface area contributed by atoms with E-state index in [2.05, 4.69) is 19.6 Å². The fraction of sp³-hybridized carbons (Fsp3) is 0.200. The van der Waals surface area contributed by atoms with Gasteiger partial charge in [0.25, 0.3) is 19.7 Å². The summed E-state index contributed by atoms with van der Waals surface area (Å²) in [5, 5.41) is 38.3. The van der Waals surface area contributed by atoms with Crippen molar-refractivity contribution in [1.82, 2.24) is 10.3 Å². The zero-order valence-corrected chi connectivity index (χ0v) is 29.4. The highest BCUT2D eigenvalue weighted by Crippen LogP contribution is 2.26. The number of benzene rings is 4. The van der Waals surface area contributed by atoms with Crippen molar-refractivity contribution in [2.45, 2.75) is 52.4 Å². The molecule has 17 heteroatoms. The molecule has 0 unspecified atom stereocenters. The van der Waals surface area contributed by atoms with Crippen LogP contribution in [0.15, 0.2) is 138 Å². The Morgan fingerprint density at radius 2 is 1.00 bits per heavy atom. The van der Waals surface area contributed by atoms with Gasteiger partial charge in [-0.15, -0.1) is 0 Å². The van der Waals surface area contributed by atoms with Gasteiger partial charge in [-0.25, -0.2) is 16.8 Å². The number of aromatic hydroxyl groups is 1. The highest BCUT2D eigenvalue weighted by molar-refractivity contribution is 7.91. The number of nitrogens with zero attached hydrogens (tertiary/aromatic N) is 4. The third kappa shape index (κ3) is 9.23. The van der Waals surface area contributed by atoms with Crippen LogP contribution in [0.1, 0.15) is 29.5 Å². The first-order valence-corrected chi connectivity index (χ1v) is 18.8. The van der Waals surface area contributed by atoms with Gasteiger partial charge in [-0.3, -0.25) is 9.26 Å². The molecule has 0 bridgehead atoms. The topological polar surface area (TPSA) is 213 Å². The van der Waals surface area contributed by atoms with E-state index in [4.69, 9.17) is 9.47 Å². The molecule has 6 rings (SSSR count). The summed E-state index contributed by atoms with van der Waals surface area (Å²) in [6.45, 7) is 2.37. The number of aromatic nitrogens is 4. The predicted octanol–water partition coefficient (Wildman–Crippen LogP) is 4.32. The Hall–Kier alpha value is -5.94. The van der Waals surface area contributed by atoms with Gasteiger partial charge in [-0.2, -0.15) is 0 Å². The molecule has 0 aliphatic rings. The second kappa shape index (κ2) is 16.8. The molecule has 0 radical (unpaired) electrons. The zero-order chi connectivity index (χ0) is 37.1. The summed E-state index contributed by atoms with van der Waals surface area (Å²) in [5.74, 6) is -0.509. The molecule has 2 heterocycles. The number of phenolic OH excluding ortho intramolecular Hbond substituents is 1. The Morgan fingerprint density at radius 3 is 1.40 bits per heavy atom. The molecule has 2 aromatic heterocycles. The van der Waals surface area contributed by atoms with Gasteiger partial charge in [0.15, 0.2) is 0 Å². The first kappa shape index (κ1) is 37.3. The van der Waals surface area contributed by atoms with Gasteiger partial charge in [0.2, 0.25) is 0 Å². The van der Waals surface area contributed by atoms with Crippen LogP contribution in [0.4, 0.5) is 0 Å². The van der Waals surface area contributed by atoms with Gasteiger partial charge in [0, 0.05) is 0 Å². The molecule has 272 valence electrons. The quantitative estimate of drug-likeness (QED) is 0.122. The fourth-order valence-corrected chi connectivity index (χ4v) is 7.38. The highest BCUT2D eigenvalue weighted by Gasteiger charge is 2.36. The molecule has 0 spiro atoms. The van der Waals surface area contributed by atoms with E-state index < -0.39 is 29.7 Å². The van der Waals surface area contributed by atoms with E-state index in [1.54, 1.807) is 60.7 Å². The Morgan fingerprint density at radius 1 is 0.615 bits per heavy atom. The number of hydrogen-bond donors (Lipinski definition) is 1. The van der Waals surface area contributed by atoms with Crippen molar-refractivity contribution in [3.63, 3.8) is 0 Å². The van der Waals surface area contributed by atoms with Crippen LogP contribution in [0.5, 0.6) is 17.5 Å². The van der Waals surface area contributed by atoms with Crippen LogP contribution in [0.2, 0.25) is 0 Å². The van der Waals surface area contributed by atoms with E-state index in [-0.39, 0.29) is 50.3 Å². The van der Waals surface area contributed by atoms with Gasteiger partial charge in [0.1, 0.15) is 5.75 Å². The van der Waals surface area contributed by atoms with E-state index in [0.29, 0.717) is 19.3 Å². The van der Waals surface area contributed by atoms with E-state index in [9.17, 15) is 32.4 Å². The molecule has 0 amide bonds. The number of rotatable bonds is 14. The van der Waals surface area contributed by atoms with Crippen molar-refractivity contribution in [3.8, 4) is 17.5 Å². The summed E-state index contributed by atoms with van der Waals surface area (Å²) in [7, 11) is -8.19. The number of ether oxygens (including phenoxy) is 2. The van der Waals surface area contributed by atoms with Crippen LogP contribution >= 0.6 is 0 Å². The monoisotopic (exact) mass is 750 g/mol. The molecule has 0 aliphatic heterocycles. The van der Waals surface area contributed by atoms with Crippen LogP contribution in [-0.2, 0) is 32.5 Å². The minimum Gasteiger partial charge on any atom is -0.508 e. The van der Waals surface area contributed by atoms with E-state index >= 15 is 0 Å². The third-order valence-electron chi connectivity index (χ3n) is 7.46. The Labute approximate surface area is 299 Å². The number of aryl methyl sites for hydroxylation is 3. The summed E-state index contributed by atoms with van der Waals surface area (Å²) < 4.78 is 70.1. The number of sulfone groups is 2. The van der Waals surface area contributed by atoms with Gasteiger partial charge in [-0.1, -0.05) is 78.4 Å². The lowest BCUT2D eigenvalue weighted by molar-refractivity contribution is -0.832. The smallest absolute Gasteiger partial charge is 0.414 e. The van der Waals surface area contributed by atoms with Crippen molar-refractivity contribution >= 4 is 19.7 Å². The van der Waals surface area contributed by atoms with Gasteiger partial charge in [0.05, 0.1) is 33.3 Å². The Balaban J connectivity index is 0.000000201. The predicted molar refractivity (Wildman–Crippen MR) is 182 cm³/mol. The molecule has 15 nitrogen and oxygen atoms in total. The zero-order valence-electron chi connectivity index (χ0n) is 27.8. The average molecular weight is 751 g/mol. The van der Waals surface area contributed by atoms with Crippen molar-refractivity contribution in [2.75, 3.05) is 13.2 Å². The summed E-state index contributed by atoms with van der Waals surface area (Å²) in [6, 6.07) is 29.9. The summed E-state index contributed by atoms with van der Waals surface area (Å²) in [6.07, 6.45) is 2.60. The van der Waals surface area contributed by atoms with E-state index in [0.717, 1.165) is 17.5 Å². The second-order valence-electron chi connectivity index (χ2n) is 11.3. The molecule has 0 fully saturated rings. The Bertz CT molecular complexity index is 2100. The molecule has 6 aromatic rings. The molecule has 0 saturated heterocycles. The summed E-state index contributed by atoms with van der Waals surface area (Å²) in [4.78, 5) is -0.394. The van der Waals surface area contributed by atoms with Crippen LogP contribution in [-0.4, -0.2) is 45.5 Å². The lowest BCUT2D eigenvalue weighted by Gasteiger charge is -2.04. The molecule has 1 N–H and O–H groups in total. The largest absolute Gasteiger partial charge is 0.508 e. The molecular weight excluding hydrogens is 717 g/mol. The SMILES string of the molecule is Cc1ccc(CCCOc2no[n+]([O-])c2S(=O)(=O)c2ccccc2)cc1.O=S(=O)(c1ccccc1)c1c(OCCCc2ccc(O)cc2)no[n+]1[O-]. The molecule has 0 saturated carbocycles. The van der Waals surface area contributed by atoms with Gasteiger partial charge in [-0.05, 0) is 89.9 Å². The van der Waals surface area contributed by atoms with E-state index in [1.807, 2.05) is 31.2 Å². The maximum Gasteiger partial charge on any atom is 0.414 e. The lowest BCUT2D eigenvalue weighted by Crippen LogP contribution is -2.31. The second-order valence-corrected chi connectivity index (χ2v) is 15.0. The maximum atomic E-state index is 12.6. The molecule has 0 atom stereocenters.